The van der Waals surface area contributed by atoms with Crippen molar-refractivity contribution in [1.82, 2.24) is 4.31 Å². The van der Waals surface area contributed by atoms with Crippen LogP contribution in [0.4, 0.5) is 13.2 Å². The summed E-state index contributed by atoms with van der Waals surface area (Å²) < 4.78 is 72.0. The van der Waals surface area contributed by atoms with Gasteiger partial charge in [0.15, 0.2) is 0 Å². The Bertz CT molecular complexity index is 1000. The maximum absolute atomic E-state index is 13.1. The summed E-state index contributed by atoms with van der Waals surface area (Å²) in [4.78, 5) is 12.2. The van der Waals surface area contributed by atoms with Crippen LogP contribution >= 0.6 is 15.9 Å². The summed E-state index contributed by atoms with van der Waals surface area (Å²) in [6.07, 6.45) is -4.57. The number of halogens is 4. The Morgan fingerprint density at radius 1 is 1.07 bits per heavy atom. The van der Waals surface area contributed by atoms with Crippen molar-refractivity contribution in [2.45, 2.75) is 44.0 Å². The molecule has 2 aromatic rings. The first-order valence-corrected chi connectivity index (χ1v) is 11.1. The van der Waals surface area contributed by atoms with Crippen molar-refractivity contribution in [3.8, 4) is 0 Å². The SMILES string of the molecule is CC(C)(C)OC(=O)CN(Cc1cccc(C(F)(F)F)c1)S(=O)(=O)c1ccc(Br)cc1. The number of hydrogen-bond donors (Lipinski definition) is 0. The smallest absolute Gasteiger partial charge is 0.416 e. The van der Waals surface area contributed by atoms with Crippen molar-refractivity contribution in [2.24, 2.45) is 0 Å². The van der Waals surface area contributed by atoms with Crippen LogP contribution < -0.4 is 0 Å². The Kier molecular flexibility index (Phi) is 7.36. The molecule has 0 amide bonds. The molecule has 0 aromatic heterocycles. The van der Waals surface area contributed by atoms with Gasteiger partial charge >= 0.3 is 12.1 Å². The Morgan fingerprint density at radius 3 is 2.20 bits per heavy atom. The lowest BCUT2D eigenvalue weighted by Crippen LogP contribution is -2.38. The number of ether oxygens (including phenoxy) is 1. The van der Waals surface area contributed by atoms with Crippen LogP contribution in [-0.2, 0) is 32.3 Å². The van der Waals surface area contributed by atoms with E-state index < -0.39 is 46.4 Å². The molecule has 0 spiro atoms. The van der Waals surface area contributed by atoms with E-state index in [1.165, 1.54) is 36.4 Å². The number of carbonyl (C=O) groups excluding carboxylic acids is 1. The maximum Gasteiger partial charge on any atom is 0.416 e. The van der Waals surface area contributed by atoms with Crippen molar-refractivity contribution < 1.29 is 31.1 Å². The molecular formula is C20H21BrF3NO4S. The second-order valence-corrected chi connectivity index (χ2v) is 10.4. The summed E-state index contributed by atoms with van der Waals surface area (Å²) in [6.45, 7) is 3.81. The monoisotopic (exact) mass is 507 g/mol. The molecule has 0 aliphatic carbocycles. The van der Waals surface area contributed by atoms with Gasteiger partial charge in [-0.3, -0.25) is 4.79 Å². The van der Waals surface area contributed by atoms with Crippen LogP contribution in [0.5, 0.6) is 0 Å². The Balaban J connectivity index is 2.41. The molecule has 10 heteroatoms. The van der Waals surface area contributed by atoms with Gasteiger partial charge in [-0.15, -0.1) is 0 Å². The molecule has 0 aliphatic heterocycles. The molecule has 2 rings (SSSR count). The predicted molar refractivity (Wildman–Crippen MR) is 109 cm³/mol. The largest absolute Gasteiger partial charge is 0.459 e. The maximum atomic E-state index is 13.1. The highest BCUT2D eigenvalue weighted by atomic mass is 79.9. The van der Waals surface area contributed by atoms with Crippen LogP contribution in [0, 0.1) is 0 Å². The molecule has 164 valence electrons. The third-order valence-electron chi connectivity index (χ3n) is 3.79. The molecule has 5 nitrogen and oxygen atoms in total. The first kappa shape index (κ1) is 24.4. The minimum atomic E-state index is -4.57. The summed E-state index contributed by atoms with van der Waals surface area (Å²) in [5, 5.41) is 0. The number of sulfonamides is 1. The van der Waals surface area contributed by atoms with Gasteiger partial charge in [0.25, 0.3) is 0 Å². The van der Waals surface area contributed by atoms with Gasteiger partial charge in [0.1, 0.15) is 12.1 Å². The van der Waals surface area contributed by atoms with Gasteiger partial charge in [0, 0.05) is 11.0 Å². The first-order chi connectivity index (χ1) is 13.7. The zero-order valence-electron chi connectivity index (χ0n) is 16.5. The van der Waals surface area contributed by atoms with E-state index in [0.29, 0.717) is 4.47 Å². The highest BCUT2D eigenvalue weighted by molar-refractivity contribution is 9.10. The third kappa shape index (κ3) is 6.82. The van der Waals surface area contributed by atoms with Crippen molar-refractivity contribution in [3.63, 3.8) is 0 Å². The second-order valence-electron chi connectivity index (χ2n) is 7.51. The van der Waals surface area contributed by atoms with Crippen LogP contribution in [-0.4, -0.2) is 30.8 Å². The number of benzene rings is 2. The summed E-state index contributed by atoms with van der Waals surface area (Å²) in [5.41, 5.74) is -1.66. The van der Waals surface area contributed by atoms with Crippen molar-refractivity contribution in [1.29, 1.82) is 0 Å². The number of rotatable bonds is 6. The summed E-state index contributed by atoms with van der Waals surface area (Å²) in [7, 11) is -4.18. The van der Waals surface area contributed by atoms with Gasteiger partial charge in [-0.1, -0.05) is 34.1 Å². The van der Waals surface area contributed by atoms with E-state index in [1.54, 1.807) is 20.8 Å². The van der Waals surface area contributed by atoms with Crippen LogP contribution in [0.3, 0.4) is 0 Å². The standard InChI is InChI=1S/C20H21BrF3NO4S/c1-19(2,3)29-18(26)13-25(30(27,28)17-9-7-16(21)8-10-17)12-14-5-4-6-15(11-14)20(22,23)24/h4-11H,12-13H2,1-3H3. The van der Waals surface area contributed by atoms with E-state index in [0.717, 1.165) is 16.4 Å². The van der Waals surface area contributed by atoms with E-state index in [4.69, 9.17) is 4.74 Å². The molecule has 0 radical (unpaired) electrons. The quantitative estimate of drug-likeness (QED) is 0.516. The predicted octanol–water partition coefficient (Wildman–Crippen LogP) is 5.00. The van der Waals surface area contributed by atoms with Crippen LogP contribution in [0.25, 0.3) is 0 Å². The Morgan fingerprint density at radius 2 is 1.67 bits per heavy atom. The van der Waals surface area contributed by atoms with E-state index in [9.17, 15) is 26.4 Å². The number of esters is 1. The minimum absolute atomic E-state index is 0.0917. The van der Waals surface area contributed by atoms with Gasteiger partial charge < -0.3 is 4.74 Å². The Hall–Kier alpha value is -1.91. The zero-order valence-corrected chi connectivity index (χ0v) is 18.9. The average molecular weight is 508 g/mol. The average Bonchev–Trinajstić information content (AvgIpc) is 2.59. The molecule has 0 aliphatic rings. The fourth-order valence-corrected chi connectivity index (χ4v) is 4.19. The van der Waals surface area contributed by atoms with Crippen LogP contribution in [0.15, 0.2) is 57.9 Å². The van der Waals surface area contributed by atoms with E-state index in [-0.39, 0.29) is 10.5 Å². The van der Waals surface area contributed by atoms with Gasteiger partial charge in [0.05, 0.1) is 10.5 Å². The van der Waals surface area contributed by atoms with Crippen molar-refractivity contribution in [2.75, 3.05) is 6.54 Å². The number of nitrogens with zero attached hydrogens (tertiary/aromatic N) is 1. The number of alkyl halides is 3. The zero-order chi connectivity index (χ0) is 22.7. The third-order valence-corrected chi connectivity index (χ3v) is 6.12. The molecule has 0 saturated carbocycles. The van der Waals surface area contributed by atoms with Gasteiger partial charge in [0.2, 0.25) is 10.0 Å². The molecule has 0 atom stereocenters. The highest BCUT2D eigenvalue weighted by Gasteiger charge is 2.32. The molecule has 30 heavy (non-hydrogen) atoms. The fraction of sp³-hybridized carbons (Fsp3) is 0.350. The number of carbonyl (C=O) groups is 1. The lowest BCUT2D eigenvalue weighted by atomic mass is 10.1. The normalized spacial score (nSPS) is 12.8. The molecule has 0 unspecified atom stereocenters. The van der Waals surface area contributed by atoms with Gasteiger partial charge in [-0.2, -0.15) is 17.5 Å². The van der Waals surface area contributed by atoms with E-state index in [1.807, 2.05) is 0 Å². The molecule has 0 heterocycles. The summed E-state index contributed by atoms with van der Waals surface area (Å²) in [6, 6.07) is 10.0. The van der Waals surface area contributed by atoms with E-state index >= 15 is 0 Å². The van der Waals surface area contributed by atoms with Crippen LogP contribution in [0.1, 0.15) is 31.9 Å². The van der Waals surface area contributed by atoms with E-state index in [2.05, 4.69) is 15.9 Å². The number of hydrogen-bond acceptors (Lipinski definition) is 4. The Labute approximate surface area is 182 Å². The lowest BCUT2D eigenvalue weighted by Gasteiger charge is -2.25. The molecule has 0 bridgehead atoms. The molecule has 0 saturated heterocycles. The molecule has 2 aromatic carbocycles. The van der Waals surface area contributed by atoms with Crippen LogP contribution in [0.2, 0.25) is 0 Å². The van der Waals surface area contributed by atoms with Gasteiger partial charge in [-0.05, 0) is 56.7 Å². The highest BCUT2D eigenvalue weighted by Crippen LogP contribution is 2.30. The summed E-state index contributed by atoms with van der Waals surface area (Å²) >= 11 is 3.21. The lowest BCUT2D eigenvalue weighted by molar-refractivity contribution is -0.155. The minimum Gasteiger partial charge on any atom is -0.459 e. The molecular weight excluding hydrogens is 487 g/mol. The molecule has 0 N–H and O–H groups in total. The van der Waals surface area contributed by atoms with Crippen molar-refractivity contribution in [3.05, 3.63) is 64.1 Å². The van der Waals surface area contributed by atoms with Crippen molar-refractivity contribution >= 4 is 31.9 Å². The first-order valence-electron chi connectivity index (χ1n) is 8.82. The summed E-state index contributed by atoms with van der Waals surface area (Å²) in [5.74, 6) is -0.810. The van der Waals surface area contributed by atoms with Gasteiger partial charge in [-0.25, -0.2) is 8.42 Å². The topological polar surface area (TPSA) is 63.7 Å². The molecule has 0 fully saturated rings. The second kappa shape index (κ2) is 9.07. The fourth-order valence-electron chi connectivity index (χ4n) is 2.55.